The van der Waals surface area contributed by atoms with Crippen LogP contribution in [-0.2, 0) is 6.42 Å². The van der Waals surface area contributed by atoms with Crippen LogP contribution >= 0.6 is 0 Å². The van der Waals surface area contributed by atoms with Crippen molar-refractivity contribution < 1.29 is 14.9 Å². The van der Waals surface area contributed by atoms with Gasteiger partial charge in [-0.1, -0.05) is 13.8 Å². The fourth-order valence-corrected chi connectivity index (χ4v) is 4.11. The van der Waals surface area contributed by atoms with Crippen LogP contribution in [0, 0.1) is 11.8 Å². The Bertz CT molecular complexity index is 543. The quantitative estimate of drug-likeness (QED) is 0.901. The molecule has 1 saturated heterocycles. The zero-order chi connectivity index (χ0) is 15.9. The number of phenolic OH excluding ortho intramolecular Hbond substituents is 1. The summed E-state index contributed by atoms with van der Waals surface area (Å²) >= 11 is 0. The number of aliphatic hydroxyl groups is 1. The lowest BCUT2D eigenvalue weighted by atomic mass is 9.79. The van der Waals surface area contributed by atoms with E-state index in [1.54, 1.807) is 7.11 Å². The lowest BCUT2D eigenvalue weighted by Gasteiger charge is -2.46. The maximum atomic E-state index is 10.5. The summed E-state index contributed by atoms with van der Waals surface area (Å²) in [6, 6.07) is 4.01. The second kappa shape index (κ2) is 6.09. The highest BCUT2D eigenvalue weighted by atomic mass is 16.5. The minimum absolute atomic E-state index is 0.196. The molecule has 1 fully saturated rings. The Kier molecular flexibility index (Phi) is 4.33. The maximum Gasteiger partial charge on any atom is 0.160 e. The van der Waals surface area contributed by atoms with E-state index in [0.29, 0.717) is 17.6 Å². The fourth-order valence-electron chi connectivity index (χ4n) is 4.11. The first kappa shape index (κ1) is 15.6. The van der Waals surface area contributed by atoms with Crippen LogP contribution in [0.2, 0.25) is 0 Å². The molecule has 0 amide bonds. The number of ether oxygens (including phenoxy) is 1. The number of methoxy groups -OCH3 is 1. The normalized spacial score (nSPS) is 28.3. The molecule has 1 aromatic carbocycles. The number of aromatic hydroxyl groups is 1. The smallest absolute Gasteiger partial charge is 0.160 e. The van der Waals surface area contributed by atoms with E-state index in [0.717, 1.165) is 37.9 Å². The van der Waals surface area contributed by atoms with Gasteiger partial charge in [-0.15, -0.1) is 0 Å². The summed E-state index contributed by atoms with van der Waals surface area (Å²) in [5.41, 5.74) is 2.40. The standard InChI is InChI=1S/C18H27NO3/c1-11(2)6-13-10-19-5-4-12-7-18(22-3)17(21)8-14(12)15(19)9-16(13)20/h7-8,11,13,15-16,20-21H,4-6,9-10H2,1-3H3/t13-,15?,16-/m0/s1. The average molecular weight is 305 g/mol. The van der Waals surface area contributed by atoms with Crippen molar-refractivity contribution in [3.8, 4) is 11.5 Å². The molecule has 1 aromatic rings. The molecule has 3 rings (SSSR count). The summed E-state index contributed by atoms with van der Waals surface area (Å²) in [5.74, 6) is 1.72. The second-order valence-corrected chi connectivity index (χ2v) is 7.18. The van der Waals surface area contributed by atoms with Gasteiger partial charge in [0.15, 0.2) is 11.5 Å². The summed E-state index contributed by atoms with van der Waals surface area (Å²) in [5, 5.41) is 20.6. The van der Waals surface area contributed by atoms with Gasteiger partial charge in [-0.2, -0.15) is 0 Å². The third-order valence-electron chi connectivity index (χ3n) is 5.16. The first-order chi connectivity index (χ1) is 10.5. The molecule has 22 heavy (non-hydrogen) atoms. The first-order valence-corrected chi connectivity index (χ1v) is 8.31. The van der Waals surface area contributed by atoms with Crippen LogP contribution in [0.5, 0.6) is 11.5 Å². The van der Waals surface area contributed by atoms with Gasteiger partial charge in [0.25, 0.3) is 0 Å². The fraction of sp³-hybridized carbons (Fsp3) is 0.667. The Balaban J connectivity index is 1.85. The molecule has 2 aliphatic heterocycles. The molecule has 4 nitrogen and oxygen atoms in total. The minimum Gasteiger partial charge on any atom is -0.504 e. The third kappa shape index (κ3) is 2.82. The summed E-state index contributed by atoms with van der Waals surface area (Å²) in [4.78, 5) is 2.48. The number of hydrogen-bond acceptors (Lipinski definition) is 4. The predicted molar refractivity (Wildman–Crippen MR) is 86.2 cm³/mol. The number of nitrogens with zero attached hydrogens (tertiary/aromatic N) is 1. The number of fused-ring (bicyclic) bond motifs is 3. The predicted octanol–water partition coefficient (Wildman–Crippen LogP) is 2.73. The summed E-state index contributed by atoms with van der Waals surface area (Å²) in [7, 11) is 1.58. The molecule has 0 aromatic heterocycles. The van der Waals surface area contributed by atoms with Crippen LogP contribution in [0.3, 0.4) is 0 Å². The average Bonchev–Trinajstić information content (AvgIpc) is 2.47. The molecule has 3 atom stereocenters. The van der Waals surface area contributed by atoms with Crippen LogP contribution in [-0.4, -0.2) is 41.4 Å². The van der Waals surface area contributed by atoms with Crippen LogP contribution < -0.4 is 4.74 Å². The van der Waals surface area contributed by atoms with Crippen LogP contribution in [0.25, 0.3) is 0 Å². The van der Waals surface area contributed by atoms with Gasteiger partial charge in [0.1, 0.15) is 0 Å². The molecule has 0 spiro atoms. The van der Waals surface area contributed by atoms with Gasteiger partial charge < -0.3 is 14.9 Å². The van der Waals surface area contributed by atoms with Gasteiger partial charge in [-0.3, -0.25) is 4.90 Å². The van der Waals surface area contributed by atoms with E-state index in [1.807, 2.05) is 12.1 Å². The van der Waals surface area contributed by atoms with Crippen molar-refractivity contribution in [2.24, 2.45) is 11.8 Å². The minimum atomic E-state index is -0.251. The number of benzene rings is 1. The Labute approximate surface area is 132 Å². The highest BCUT2D eigenvalue weighted by molar-refractivity contribution is 5.48. The molecular weight excluding hydrogens is 278 g/mol. The van der Waals surface area contributed by atoms with Gasteiger partial charge >= 0.3 is 0 Å². The molecule has 0 bridgehead atoms. The van der Waals surface area contributed by atoms with Crippen molar-refractivity contribution in [3.05, 3.63) is 23.3 Å². The SMILES string of the molecule is COc1cc2c(cc1O)C1C[C@H](O)[C@@H](CC(C)C)CN1CC2. The van der Waals surface area contributed by atoms with Crippen LogP contribution in [0.1, 0.15) is 43.9 Å². The van der Waals surface area contributed by atoms with E-state index in [4.69, 9.17) is 4.74 Å². The topological polar surface area (TPSA) is 52.9 Å². The van der Waals surface area contributed by atoms with Gasteiger partial charge in [0.2, 0.25) is 0 Å². The third-order valence-corrected chi connectivity index (χ3v) is 5.16. The zero-order valence-electron chi connectivity index (χ0n) is 13.7. The lowest BCUT2D eigenvalue weighted by Crippen LogP contribution is -2.48. The van der Waals surface area contributed by atoms with Crippen LogP contribution in [0.4, 0.5) is 0 Å². The van der Waals surface area contributed by atoms with Gasteiger partial charge in [-0.05, 0) is 54.4 Å². The number of rotatable bonds is 3. The molecule has 0 radical (unpaired) electrons. The van der Waals surface area contributed by atoms with Crippen molar-refractivity contribution >= 4 is 0 Å². The Morgan fingerprint density at radius 1 is 1.36 bits per heavy atom. The number of phenols is 1. The molecule has 2 aliphatic rings. The van der Waals surface area contributed by atoms with E-state index < -0.39 is 0 Å². The van der Waals surface area contributed by atoms with E-state index in [-0.39, 0.29) is 17.9 Å². The largest absolute Gasteiger partial charge is 0.504 e. The van der Waals surface area contributed by atoms with Crippen molar-refractivity contribution in [1.82, 2.24) is 4.90 Å². The van der Waals surface area contributed by atoms with E-state index in [9.17, 15) is 10.2 Å². The van der Waals surface area contributed by atoms with Crippen molar-refractivity contribution in [3.63, 3.8) is 0 Å². The molecule has 1 unspecified atom stereocenters. The molecule has 122 valence electrons. The van der Waals surface area contributed by atoms with E-state index in [1.165, 1.54) is 5.56 Å². The highest BCUT2D eigenvalue weighted by Gasteiger charge is 2.38. The van der Waals surface area contributed by atoms with Gasteiger partial charge in [0, 0.05) is 19.1 Å². The molecule has 0 aliphatic carbocycles. The molecule has 2 N–H and O–H groups in total. The molecule has 0 saturated carbocycles. The van der Waals surface area contributed by atoms with Gasteiger partial charge in [-0.25, -0.2) is 0 Å². The number of piperidine rings is 1. The summed E-state index contributed by atoms with van der Waals surface area (Å²) in [6.45, 7) is 6.41. The maximum absolute atomic E-state index is 10.5. The number of hydrogen-bond donors (Lipinski definition) is 2. The first-order valence-electron chi connectivity index (χ1n) is 8.31. The Morgan fingerprint density at radius 2 is 2.14 bits per heavy atom. The molecular formula is C18H27NO3. The lowest BCUT2D eigenvalue weighted by molar-refractivity contribution is -0.0191. The Morgan fingerprint density at radius 3 is 2.82 bits per heavy atom. The van der Waals surface area contributed by atoms with Crippen LogP contribution in [0.15, 0.2) is 12.1 Å². The molecule has 4 heteroatoms. The van der Waals surface area contributed by atoms with Crippen molar-refractivity contribution in [2.75, 3.05) is 20.2 Å². The number of aliphatic hydroxyl groups excluding tert-OH is 1. The van der Waals surface area contributed by atoms with Crippen molar-refractivity contribution in [1.29, 1.82) is 0 Å². The van der Waals surface area contributed by atoms with E-state index >= 15 is 0 Å². The second-order valence-electron chi connectivity index (χ2n) is 7.18. The highest BCUT2D eigenvalue weighted by Crippen LogP contribution is 2.43. The monoisotopic (exact) mass is 305 g/mol. The van der Waals surface area contributed by atoms with E-state index in [2.05, 4.69) is 18.7 Å². The summed E-state index contributed by atoms with van der Waals surface area (Å²) < 4.78 is 5.22. The van der Waals surface area contributed by atoms with Gasteiger partial charge in [0.05, 0.1) is 13.2 Å². The summed E-state index contributed by atoms with van der Waals surface area (Å²) in [6.07, 6.45) is 2.56. The Hall–Kier alpha value is -1.26. The molecule has 2 heterocycles. The van der Waals surface area contributed by atoms with Crippen molar-refractivity contribution in [2.45, 2.75) is 45.3 Å². The zero-order valence-corrected chi connectivity index (χ0v) is 13.7.